The van der Waals surface area contributed by atoms with Crippen molar-refractivity contribution in [3.05, 3.63) is 0 Å². The Hall–Kier alpha value is -0.570. The molecule has 0 aliphatic rings. The summed E-state index contributed by atoms with van der Waals surface area (Å²) in [6.45, 7) is 3.85. The zero-order valence-electron chi connectivity index (χ0n) is 9.80. The third-order valence-corrected chi connectivity index (χ3v) is 1.87. The van der Waals surface area contributed by atoms with E-state index in [1.165, 1.54) is 0 Å². The second-order valence-electron chi connectivity index (χ2n) is 2.81. The van der Waals surface area contributed by atoms with Crippen molar-refractivity contribution in [2.45, 2.75) is 39.6 Å². The van der Waals surface area contributed by atoms with Crippen LogP contribution in [0.15, 0.2) is 0 Å². The predicted molar refractivity (Wildman–Crippen MR) is 48.7 cm³/mol. The standard InChI is InChI=1S/C9H19NO2/c1-4-8(5-2)6-12-9(11)7(3)10/h7-8H,4-6,10H2,1-3H3/t7-/m0/s1/i3D,7D. The molecule has 0 rings (SSSR count). The van der Waals surface area contributed by atoms with Crippen LogP contribution in [0.3, 0.4) is 0 Å². The second-order valence-corrected chi connectivity index (χ2v) is 2.81. The van der Waals surface area contributed by atoms with Crippen LogP contribution >= 0.6 is 0 Å². The van der Waals surface area contributed by atoms with Crippen LogP contribution in [0.5, 0.6) is 0 Å². The molecule has 1 atom stereocenters. The van der Waals surface area contributed by atoms with Gasteiger partial charge in [0.05, 0.1) is 7.98 Å². The van der Waals surface area contributed by atoms with E-state index in [1.807, 2.05) is 13.8 Å². The Balaban J connectivity index is 3.95. The fraction of sp³-hybridized carbons (Fsp3) is 0.889. The molecule has 0 bridgehead atoms. The first-order valence-electron chi connectivity index (χ1n) is 5.44. The summed E-state index contributed by atoms with van der Waals surface area (Å²) in [4.78, 5) is 11.2. The van der Waals surface area contributed by atoms with Gasteiger partial charge in [0.25, 0.3) is 0 Å². The third-order valence-electron chi connectivity index (χ3n) is 1.87. The first kappa shape index (κ1) is 8.05. The Morgan fingerprint density at radius 3 is 2.67 bits per heavy atom. The van der Waals surface area contributed by atoms with Crippen molar-refractivity contribution in [1.82, 2.24) is 0 Å². The first-order valence-corrected chi connectivity index (χ1v) is 4.23. The second kappa shape index (κ2) is 6.00. The van der Waals surface area contributed by atoms with E-state index in [9.17, 15) is 4.79 Å². The summed E-state index contributed by atoms with van der Waals surface area (Å²) in [5.41, 5.74) is 5.23. The molecule has 3 nitrogen and oxygen atoms in total. The Morgan fingerprint density at radius 2 is 2.25 bits per heavy atom. The smallest absolute Gasteiger partial charge is 0.322 e. The zero-order valence-corrected chi connectivity index (χ0v) is 7.80. The molecular weight excluding hydrogens is 154 g/mol. The van der Waals surface area contributed by atoms with Crippen LogP contribution in [0.1, 0.15) is 36.3 Å². The highest BCUT2D eigenvalue weighted by Crippen LogP contribution is 2.07. The summed E-state index contributed by atoms with van der Waals surface area (Å²) < 4.78 is 19.0. The fourth-order valence-electron chi connectivity index (χ4n) is 0.811. The number of hydrogen-bond acceptors (Lipinski definition) is 3. The lowest BCUT2D eigenvalue weighted by Crippen LogP contribution is -2.30. The minimum Gasteiger partial charge on any atom is -0.464 e. The van der Waals surface area contributed by atoms with E-state index >= 15 is 0 Å². The first-order chi connectivity index (χ1) is 6.47. The molecule has 0 aromatic carbocycles. The normalized spacial score (nSPS) is 18.0. The van der Waals surface area contributed by atoms with Crippen LogP contribution in [0.4, 0.5) is 0 Å². The monoisotopic (exact) mass is 175 g/mol. The summed E-state index contributed by atoms with van der Waals surface area (Å²) in [6, 6.07) is -1.91. The summed E-state index contributed by atoms with van der Waals surface area (Å²) in [5.74, 6) is -0.486. The van der Waals surface area contributed by atoms with E-state index in [2.05, 4.69) is 0 Å². The Bertz CT molecular complexity index is 182. The average Bonchev–Trinajstić information content (AvgIpc) is 2.19. The van der Waals surface area contributed by atoms with E-state index in [4.69, 9.17) is 13.2 Å². The van der Waals surface area contributed by atoms with Gasteiger partial charge in [-0.2, -0.15) is 0 Å². The molecule has 0 saturated heterocycles. The Morgan fingerprint density at radius 1 is 1.67 bits per heavy atom. The molecular formula is C9H19NO2. The number of carbonyl (C=O) groups excluding carboxylic acids is 1. The fourth-order valence-corrected chi connectivity index (χ4v) is 0.811. The number of esters is 1. The molecule has 2 N–H and O–H groups in total. The van der Waals surface area contributed by atoms with Crippen molar-refractivity contribution in [2.24, 2.45) is 11.7 Å². The number of hydrogen-bond donors (Lipinski definition) is 1. The Labute approximate surface area is 77.1 Å². The van der Waals surface area contributed by atoms with Gasteiger partial charge in [0.1, 0.15) is 6.02 Å². The molecule has 0 aliphatic carbocycles. The van der Waals surface area contributed by atoms with Crippen molar-refractivity contribution in [3.8, 4) is 0 Å². The lowest BCUT2D eigenvalue weighted by atomic mass is 10.1. The predicted octanol–water partition coefficient (Wildman–Crippen LogP) is 1.31. The highest BCUT2D eigenvalue weighted by atomic mass is 16.5. The van der Waals surface area contributed by atoms with Gasteiger partial charge in [-0.15, -0.1) is 0 Å². The van der Waals surface area contributed by atoms with E-state index in [-0.39, 0.29) is 0 Å². The lowest BCUT2D eigenvalue weighted by Gasteiger charge is -2.13. The molecule has 12 heavy (non-hydrogen) atoms. The molecule has 0 heterocycles. The highest BCUT2D eigenvalue weighted by molar-refractivity contribution is 5.74. The molecule has 0 aromatic heterocycles. The molecule has 0 aromatic rings. The van der Waals surface area contributed by atoms with Crippen molar-refractivity contribution < 1.29 is 12.3 Å². The summed E-state index contributed by atoms with van der Waals surface area (Å²) in [5, 5.41) is 0. The highest BCUT2D eigenvalue weighted by Gasteiger charge is 2.11. The molecule has 0 fully saturated rings. The minimum absolute atomic E-state index is 0.295. The van der Waals surface area contributed by atoms with Crippen LogP contribution in [-0.4, -0.2) is 18.6 Å². The molecule has 0 amide bonds. The SMILES string of the molecule is [2H]C[C@]([2H])(N)C(=O)OCC(CC)CC. The Kier molecular flexibility index (Phi) is 4.03. The van der Waals surface area contributed by atoms with Crippen molar-refractivity contribution in [2.75, 3.05) is 6.61 Å². The van der Waals surface area contributed by atoms with Gasteiger partial charge in [-0.05, 0) is 12.8 Å². The van der Waals surface area contributed by atoms with Gasteiger partial charge < -0.3 is 10.5 Å². The van der Waals surface area contributed by atoms with E-state index in [1.54, 1.807) is 0 Å². The van der Waals surface area contributed by atoms with Crippen LogP contribution < -0.4 is 5.73 Å². The topological polar surface area (TPSA) is 52.3 Å². The molecule has 3 heteroatoms. The maximum atomic E-state index is 11.2. The molecule has 0 unspecified atom stereocenters. The zero-order chi connectivity index (χ0) is 11.2. The maximum absolute atomic E-state index is 11.2. The number of nitrogens with two attached hydrogens (primary N) is 1. The summed E-state index contributed by atoms with van der Waals surface area (Å²) in [7, 11) is 0. The third kappa shape index (κ3) is 4.34. The molecule has 0 saturated carbocycles. The average molecular weight is 175 g/mol. The van der Waals surface area contributed by atoms with Gasteiger partial charge in [0.2, 0.25) is 0 Å². The van der Waals surface area contributed by atoms with E-state index in [0.717, 1.165) is 12.8 Å². The van der Waals surface area contributed by atoms with Crippen LogP contribution in [-0.2, 0) is 9.53 Å². The molecule has 0 spiro atoms. The van der Waals surface area contributed by atoms with Gasteiger partial charge >= 0.3 is 5.97 Å². The summed E-state index contributed by atoms with van der Waals surface area (Å²) in [6.07, 6.45) is 1.86. The summed E-state index contributed by atoms with van der Waals surface area (Å²) >= 11 is 0. The number of carbonyl (C=O) groups is 1. The largest absolute Gasteiger partial charge is 0.464 e. The molecule has 0 radical (unpaired) electrons. The van der Waals surface area contributed by atoms with Crippen LogP contribution in [0, 0.1) is 5.92 Å². The van der Waals surface area contributed by atoms with Crippen molar-refractivity contribution >= 4 is 5.97 Å². The van der Waals surface area contributed by atoms with E-state index in [0.29, 0.717) is 12.5 Å². The maximum Gasteiger partial charge on any atom is 0.322 e. The van der Waals surface area contributed by atoms with Crippen molar-refractivity contribution in [1.29, 1.82) is 0 Å². The van der Waals surface area contributed by atoms with Gasteiger partial charge in [-0.25, -0.2) is 0 Å². The van der Waals surface area contributed by atoms with Gasteiger partial charge in [-0.3, -0.25) is 4.79 Å². The van der Waals surface area contributed by atoms with Crippen molar-refractivity contribution in [3.63, 3.8) is 0 Å². The lowest BCUT2D eigenvalue weighted by molar-refractivity contribution is -0.146. The van der Waals surface area contributed by atoms with Crippen LogP contribution in [0.25, 0.3) is 0 Å². The van der Waals surface area contributed by atoms with Gasteiger partial charge in [0, 0.05) is 1.37 Å². The number of ether oxygens (including phenoxy) is 1. The van der Waals surface area contributed by atoms with E-state index < -0.39 is 18.9 Å². The molecule has 0 aliphatic heterocycles. The van der Waals surface area contributed by atoms with Gasteiger partial charge in [0.15, 0.2) is 0 Å². The van der Waals surface area contributed by atoms with Gasteiger partial charge in [-0.1, -0.05) is 26.7 Å². The number of rotatable bonds is 5. The molecule has 72 valence electrons. The minimum atomic E-state index is -1.91. The van der Waals surface area contributed by atoms with Crippen LogP contribution in [0.2, 0.25) is 0 Å². The quantitative estimate of drug-likeness (QED) is 0.641.